The zero-order valence-corrected chi connectivity index (χ0v) is 25.2. The van der Waals surface area contributed by atoms with Gasteiger partial charge in [0.25, 0.3) is 0 Å². The third-order valence-corrected chi connectivity index (χ3v) is 9.76. The van der Waals surface area contributed by atoms with Crippen LogP contribution in [0, 0.1) is 5.92 Å². The molecule has 3 aromatic rings. The number of hydrogen-bond donors (Lipinski definition) is 2. The molecule has 0 saturated carbocycles. The van der Waals surface area contributed by atoms with E-state index < -0.39 is 6.03 Å². The number of halogens is 1. The number of aryl methyl sites for hydroxylation is 1. The molecule has 3 aromatic carbocycles. The fourth-order valence-corrected chi connectivity index (χ4v) is 7.38. The van der Waals surface area contributed by atoms with E-state index in [-0.39, 0.29) is 42.4 Å². The van der Waals surface area contributed by atoms with E-state index in [0.29, 0.717) is 31.0 Å². The molecule has 3 unspecified atom stereocenters. The van der Waals surface area contributed by atoms with E-state index >= 15 is 0 Å². The van der Waals surface area contributed by atoms with Crippen molar-refractivity contribution in [2.24, 2.45) is 11.7 Å². The molecular formula is C34H38ClN5O3. The van der Waals surface area contributed by atoms with Crippen molar-refractivity contribution in [1.82, 2.24) is 20.0 Å². The van der Waals surface area contributed by atoms with E-state index in [0.717, 1.165) is 35.4 Å². The predicted octanol–water partition coefficient (Wildman–Crippen LogP) is 5.28. The number of benzene rings is 3. The van der Waals surface area contributed by atoms with Crippen LogP contribution >= 0.6 is 11.6 Å². The van der Waals surface area contributed by atoms with E-state index in [9.17, 15) is 14.4 Å². The highest BCUT2D eigenvalue weighted by molar-refractivity contribution is 6.30. The van der Waals surface area contributed by atoms with Gasteiger partial charge in [0.05, 0.1) is 12.6 Å². The number of carbonyl (C=O) groups excluding carboxylic acids is 3. The Morgan fingerprint density at radius 2 is 1.65 bits per heavy atom. The standard InChI is InChI=1S/C34H38ClN5O3/c1-38-30(21-40(33(36)42)34(38)43)28-9-5-4-8-26(28)27-17-19-39(31(41)15-12-22-10-13-24(35)14-11-22)20-29(27)32-25-7-3-2-6-23(25)16-18-37-32/h2-11,13-14,27,29-30,32,37H,12,15-21H2,1H3,(H2,36,42)/t27?,29-,30?,32?/m1/s1. The van der Waals surface area contributed by atoms with E-state index in [2.05, 4.69) is 41.7 Å². The number of fused-ring (bicyclic) bond motifs is 1. The van der Waals surface area contributed by atoms with E-state index in [1.807, 2.05) is 41.3 Å². The second-order valence-electron chi connectivity index (χ2n) is 11.9. The minimum atomic E-state index is -0.733. The van der Waals surface area contributed by atoms with Crippen LogP contribution in [-0.2, 0) is 17.6 Å². The van der Waals surface area contributed by atoms with Gasteiger partial charge in [0.2, 0.25) is 5.91 Å². The highest BCUT2D eigenvalue weighted by atomic mass is 35.5. The molecular weight excluding hydrogens is 562 g/mol. The maximum absolute atomic E-state index is 13.6. The summed E-state index contributed by atoms with van der Waals surface area (Å²) < 4.78 is 0. The van der Waals surface area contributed by atoms with Crippen molar-refractivity contribution in [3.05, 3.63) is 106 Å². The molecule has 3 N–H and O–H groups in total. The zero-order chi connectivity index (χ0) is 30.1. The number of piperidine rings is 1. The number of rotatable bonds is 6. The Morgan fingerprint density at radius 1 is 0.953 bits per heavy atom. The Labute approximate surface area is 257 Å². The monoisotopic (exact) mass is 599 g/mol. The molecule has 6 rings (SSSR count). The fourth-order valence-electron chi connectivity index (χ4n) is 7.25. The van der Waals surface area contributed by atoms with E-state index in [4.69, 9.17) is 17.3 Å². The molecule has 0 bridgehead atoms. The number of carbonyl (C=O) groups is 3. The van der Waals surface area contributed by atoms with Crippen molar-refractivity contribution >= 4 is 29.6 Å². The quantitative estimate of drug-likeness (QED) is 0.403. The summed E-state index contributed by atoms with van der Waals surface area (Å²) in [4.78, 5) is 43.2. The van der Waals surface area contributed by atoms with Crippen LogP contribution < -0.4 is 11.1 Å². The number of amides is 5. The zero-order valence-electron chi connectivity index (χ0n) is 24.4. The van der Waals surface area contributed by atoms with Crippen LogP contribution in [-0.4, -0.2) is 65.9 Å². The average Bonchev–Trinajstić information content (AvgIpc) is 3.33. The minimum Gasteiger partial charge on any atom is -0.351 e. The summed E-state index contributed by atoms with van der Waals surface area (Å²) in [5.74, 6) is 0.422. The van der Waals surface area contributed by atoms with Gasteiger partial charge < -0.3 is 20.9 Å². The lowest BCUT2D eigenvalue weighted by Gasteiger charge is -2.45. The smallest absolute Gasteiger partial charge is 0.328 e. The number of hydrogen-bond acceptors (Lipinski definition) is 4. The molecule has 9 heteroatoms. The van der Waals surface area contributed by atoms with Gasteiger partial charge in [-0.15, -0.1) is 0 Å². The Morgan fingerprint density at radius 3 is 2.37 bits per heavy atom. The van der Waals surface area contributed by atoms with Crippen molar-refractivity contribution in [3.8, 4) is 0 Å². The molecule has 0 spiro atoms. The van der Waals surface area contributed by atoms with Crippen molar-refractivity contribution in [2.75, 3.05) is 33.2 Å². The number of urea groups is 2. The summed E-state index contributed by atoms with van der Waals surface area (Å²) in [6, 6.07) is 23.2. The predicted molar refractivity (Wildman–Crippen MR) is 167 cm³/mol. The molecule has 3 aliphatic rings. The third-order valence-electron chi connectivity index (χ3n) is 9.50. The maximum Gasteiger partial charge on any atom is 0.328 e. The highest BCUT2D eigenvalue weighted by Crippen LogP contribution is 2.45. The number of likely N-dealkylation sites (tertiary alicyclic amines) is 1. The van der Waals surface area contributed by atoms with Gasteiger partial charge in [-0.25, -0.2) is 14.5 Å². The summed E-state index contributed by atoms with van der Waals surface area (Å²) in [7, 11) is 1.73. The maximum atomic E-state index is 13.6. The van der Waals surface area contributed by atoms with Crippen molar-refractivity contribution in [1.29, 1.82) is 0 Å². The van der Waals surface area contributed by atoms with Crippen LogP contribution in [0.15, 0.2) is 72.8 Å². The molecule has 0 radical (unpaired) electrons. The number of nitrogens with two attached hydrogens (primary N) is 1. The Bertz CT molecular complexity index is 1510. The molecule has 2 fully saturated rings. The summed E-state index contributed by atoms with van der Waals surface area (Å²) in [6.07, 6.45) is 2.90. The van der Waals surface area contributed by atoms with Gasteiger partial charge in [-0.1, -0.05) is 72.3 Å². The molecule has 4 atom stereocenters. The average molecular weight is 600 g/mol. The first-order valence-corrected chi connectivity index (χ1v) is 15.5. The Hall–Kier alpha value is -3.88. The lowest BCUT2D eigenvalue weighted by molar-refractivity contribution is -0.133. The van der Waals surface area contributed by atoms with Crippen LogP contribution in [0.1, 0.15) is 58.7 Å². The number of likely N-dealkylation sites (N-methyl/N-ethyl adjacent to an activating group) is 1. The van der Waals surface area contributed by atoms with Crippen LogP contribution in [0.4, 0.5) is 9.59 Å². The van der Waals surface area contributed by atoms with Gasteiger partial charge in [0.15, 0.2) is 0 Å². The number of nitrogens with zero attached hydrogens (tertiary/aromatic N) is 3. The second kappa shape index (κ2) is 12.4. The summed E-state index contributed by atoms with van der Waals surface area (Å²) in [6.45, 7) is 2.40. The summed E-state index contributed by atoms with van der Waals surface area (Å²) in [5, 5.41) is 4.50. The van der Waals surface area contributed by atoms with Gasteiger partial charge in [0, 0.05) is 43.5 Å². The van der Waals surface area contributed by atoms with Crippen LogP contribution in [0.5, 0.6) is 0 Å². The third kappa shape index (κ3) is 5.86. The van der Waals surface area contributed by atoms with Gasteiger partial charge >= 0.3 is 12.1 Å². The summed E-state index contributed by atoms with van der Waals surface area (Å²) in [5.41, 5.74) is 11.5. The van der Waals surface area contributed by atoms with Gasteiger partial charge in [-0.2, -0.15) is 0 Å². The van der Waals surface area contributed by atoms with Crippen molar-refractivity contribution in [2.45, 2.75) is 43.7 Å². The molecule has 0 aromatic heterocycles. The molecule has 3 heterocycles. The molecule has 224 valence electrons. The molecule has 2 saturated heterocycles. The van der Waals surface area contributed by atoms with E-state index in [1.54, 1.807) is 11.9 Å². The topological polar surface area (TPSA) is 99.0 Å². The Kier molecular flexibility index (Phi) is 8.41. The molecule has 3 aliphatic heterocycles. The summed E-state index contributed by atoms with van der Waals surface area (Å²) >= 11 is 6.05. The number of imide groups is 1. The van der Waals surface area contributed by atoms with Gasteiger partial charge in [0.1, 0.15) is 0 Å². The molecule has 8 nitrogen and oxygen atoms in total. The SMILES string of the molecule is CN1C(=O)N(C(N)=O)CC1c1ccccc1C1CCN(C(=O)CCc2ccc(Cl)cc2)C[C@H]1C1NCCc2ccccc21. The number of nitrogens with one attached hydrogen (secondary N) is 1. The van der Waals surface area contributed by atoms with Gasteiger partial charge in [-0.3, -0.25) is 4.79 Å². The van der Waals surface area contributed by atoms with E-state index in [1.165, 1.54) is 16.7 Å². The minimum absolute atomic E-state index is 0.0833. The van der Waals surface area contributed by atoms with Crippen LogP contribution in [0.25, 0.3) is 0 Å². The normalized spacial score (nSPS) is 23.8. The van der Waals surface area contributed by atoms with Gasteiger partial charge in [-0.05, 0) is 71.7 Å². The first-order chi connectivity index (χ1) is 20.8. The highest BCUT2D eigenvalue weighted by Gasteiger charge is 2.43. The largest absolute Gasteiger partial charge is 0.351 e. The lowest BCUT2D eigenvalue weighted by atomic mass is 9.71. The lowest BCUT2D eigenvalue weighted by Crippen LogP contribution is -2.49. The van der Waals surface area contributed by atoms with Crippen LogP contribution in [0.2, 0.25) is 5.02 Å². The number of primary amides is 1. The first kappa shape index (κ1) is 29.2. The fraction of sp³-hybridized carbons (Fsp3) is 0.382. The van der Waals surface area contributed by atoms with Crippen LogP contribution in [0.3, 0.4) is 0 Å². The Balaban J connectivity index is 1.31. The molecule has 43 heavy (non-hydrogen) atoms. The second-order valence-corrected chi connectivity index (χ2v) is 12.3. The van der Waals surface area contributed by atoms with Crippen molar-refractivity contribution in [3.63, 3.8) is 0 Å². The molecule has 0 aliphatic carbocycles. The first-order valence-electron chi connectivity index (χ1n) is 15.1. The molecule has 5 amide bonds. The van der Waals surface area contributed by atoms with Crippen molar-refractivity contribution < 1.29 is 14.4 Å².